The van der Waals surface area contributed by atoms with Gasteiger partial charge < -0.3 is 10.8 Å². The van der Waals surface area contributed by atoms with Gasteiger partial charge in [-0.15, -0.1) is 0 Å². The molecule has 4 heteroatoms. The van der Waals surface area contributed by atoms with Crippen molar-refractivity contribution in [2.24, 2.45) is 0 Å². The van der Waals surface area contributed by atoms with Crippen LogP contribution in [0.2, 0.25) is 0 Å². The van der Waals surface area contributed by atoms with E-state index in [0.717, 1.165) is 33.8 Å². The first-order valence-corrected chi connectivity index (χ1v) is 8.44. The van der Waals surface area contributed by atoms with Crippen molar-refractivity contribution in [3.63, 3.8) is 0 Å². The highest BCUT2D eigenvalue weighted by atomic mass is 16.3. The number of para-hydroxylation sites is 1. The van der Waals surface area contributed by atoms with Crippen molar-refractivity contribution >= 4 is 5.69 Å². The largest absolute Gasteiger partial charge is 0.506 e. The minimum atomic E-state index is 0.0890. The molecule has 0 radical (unpaired) electrons. The Labute approximate surface area is 152 Å². The molecule has 0 saturated carbocycles. The van der Waals surface area contributed by atoms with Crippen LogP contribution < -0.4 is 5.73 Å². The zero-order valence-electron chi connectivity index (χ0n) is 14.4. The van der Waals surface area contributed by atoms with E-state index < -0.39 is 0 Å². The van der Waals surface area contributed by atoms with Crippen molar-refractivity contribution in [3.05, 3.63) is 84.6 Å². The number of nitrogens with zero attached hydrogens (tertiary/aromatic N) is 2. The molecule has 0 atom stereocenters. The second kappa shape index (κ2) is 6.41. The van der Waals surface area contributed by atoms with Crippen molar-refractivity contribution in [1.82, 2.24) is 9.78 Å². The first-order valence-electron chi connectivity index (χ1n) is 8.44. The normalized spacial score (nSPS) is 10.8. The highest BCUT2D eigenvalue weighted by Gasteiger charge is 2.14. The molecule has 0 amide bonds. The van der Waals surface area contributed by atoms with Crippen molar-refractivity contribution in [2.75, 3.05) is 5.73 Å². The number of rotatable bonds is 3. The molecule has 0 aliphatic rings. The Bertz CT molecular complexity index is 1070. The van der Waals surface area contributed by atoms with Gasteiger partial charge in [-0.1, -0.05) is 54.6 Å². The summed E-state index contributed by atoms with van der Waals surface area (Å²) >= 11 is 0. The van der Waals surface area contributed by atoms with E-state index in [1.807, 2.05) is 60.1 Å². The van der Waals surface area contributed by atoms with Crippen LogP contribution in [0.3, 0.4) is 0 Å². The van der Waals surface area contributed by atoms with Gasteiger partial charge in [-0.05, 0) is 36.8 Å². The third-order valence-electron chi connectivity index (χ3n) is 4.37. The topological polar surface area (TPSA) is 64.1 Å². The number of nitrogens with two attached hydrogens (primary N) is 1. The van der Waals surface area contributed by atoms with Gasteiger partial charge in [-0.3, -0.25) is 0 Å². The van der Waals surface area contributed by atoms with Gasteiger partial charge in [0.15, 0.2) is 0 Å². The highest BCUT2D eigenvalue weighted by molar-refractivity contribution is 5.78. The Morgan fingerprint density at radius 3 is 2.35 bits per heavy atom. The van der Waals surface area contributed by atoms with Gasteiger partial charge in [-0.25, -0.2) is 4.68 Å². The van der Waals surface area contributed by atoms with E-state index in [1.165, 1.54) is 0 Å². The third-order valence-corrected chi connectivity index (χ3v) is 4.37. The zero-order valence-corrected chi connectivity index (χ0v) is 14.4. The zero-order chi connectivity index (χ0) is 18.1. The maximum Gasteiger partial charge on any atom is 0.138 e. The second-order valence-corrected chi connectivity index (χ2v) is 6.24. The Morgan fingerprint density at radius 1 is 0.846 bits per heavy atom. The molecule has 0 saturated heterocycles. The lowest BCUT2D eigenvalue weighted by Crippen LogP contribution is -2.02. The molecule has 0 spiro atoms. The third kappa shape index (κ3) is 2.82. The molecule has 128 valence electrons. The van der Waals surface area contributed by atoms with Gasteiger partial charge in [0.25, 0.3) is 0 Å². The molecule has 1 heterocycles. The molecule has 0 bridgehead atoms. The lowest BCUT2D eigenvalue weighted by molar-refractivity contribution is 0.478. The Hall–Kier alpha value is -3.53. The molecule has 26 heavy (non-hydrogen) atoms. The number of aromatic hydroxyl groups is 1. The molecule has 1 aromatic heterocycles. The summed E-state index contributed by atoms with van der Waals surface area (Å²) in [5, 5.41) is 14.4. The van der Waals surface area contributed by atoms with Gasteiger partial charge in [-0.2, -0.15) is 5.10 Å². The quantitative estimate of drug-likeness (QED) is 0.415. The van der Waals surface area contributed by atoms with E-state index in [9.17, 15) is 5.11 Å². The number of phenols is 1. The summed E-state index contributed by atoms with van der Waals surface area (Å²) in [5.41, 5.74) is 12.2. The lowest BCUT2D eigenvalue weighted by atomic mass is 10.0. The van der Waals surface area contributed by atoms with Crippen LogP contribution in [0.5, 0.6) is 5.75 Å². The van der Waals surface area contributed by atoms with Crippen molar-refractivity contribution in [3.8, 4) is 33.8 Å². The van der Waals surface area contributed by atoms with Gasteiger partial charge in [0, 0.05) is 11.1 Å². The van der Waals surface area contributed by atoms with E-state index in [4.69, 9.17) is 10.8 Å². The number of anilines is 1. The number of benzene rings is 3. The number of hydrogen-bond acceptors (Lipinski definition) is 3. The number of aryl methyl sites for hydroxylation is 1. The van der Waals surface area contributed by atoms with E-state index >= 15 is 0 Å². The fraction of sp³-hybridized carbons (Fsp3) is 0.0455. The second-order valence-electron chi connectivity index (χ2n) is 6.24. The Morgan fingerprint density at radius 2 is 1.58 bits per heavy atom. The van der Waals surface area contributed by atoms with Crippen LogP contribution in [0.15, 0.2) is 78.9 Å². The van der Waals surface area contributed by atoms with E-state index in [-0.39, 0.29) is 5.75 Å². The van der Waals surface area contributed by atoms with Crippen LogP contribution in [0.25, 0.3) is 28.1 Å². The van der Waals surface area contributed by atoms with E-state index in [0.29, 0.717) is 5.69 Å². The first kappa shape index (κ1) is 16.0. The molecule has 3 N–H and O–H groups in total. The van der Waals surface area contributed by atoms with Crippen LogP contribution in [0.4, 0.5) is 5.69 Å². The van der Waals surface area contributed by atoms with Gasteiger partial charge in [0.1, 0.15) is 5.75 Å². The Kier molecular flexibility index (Phi) is 3.93. The molecular formula is C22H19N3O. The van der Waals surface area contributed by atoms with Crippen molar-refractivity contribution < 1.29 is 5.11 Å². The fourth-order valence-electron chi connectivity index (χ4n) is 3.12. The smallest absolute Gasteiger partial charge is 0.138 e. The van der Waals surface area contributed by atoms with Crippen LogP contribution in [-0.2, 0) is 0 Å². The molecular weight excluding hydrogens is 322 g/mol. The maximum atomic E-state index is 9.73. The van der Waals surface area contributed by atoms with Crippen molar-refractivity contribution in [1.29, 1.82) is 0 Å². The van der Waals surface area contributed by atoms with Gasteiger partial charge >= 0.3 is 0 Å². The average Bonchev–Trinajstić information content (AvgIpc) is 3.06. The van der Waals surface area contributed by atoms with E-state index in [1.54, 1.807) is 12.1 Å². The summed E-state index contributed by atoms with van der Waals surface area (Å²) in [6.07, 6.45) is 0. The molecule has 0 fully saturated rings. The van der Waals surface area contributed by atoms with Gasteiger partial charge in [0.05, 0.1) is 22.8 Å². The van der Waals surface area contributed by atoms with Crippen LogP contribution in [-0.4, -0.2) is 14.9 Å². The summed E-state index contributed by atoms with van der Waals surface area (Å²) in [6, 6.07) is 25.6. The first-order chi connectivity index (χ1) is 12.6. The molecule has 0 aliphatic heterocycles. The summed E-state index contributed by atoms with van der Waals surface area (Å²) in [6.45, 7) is 1.99. The molecule has 4 nitrogen and oxygen atoms in total. The van der Waals surface area contributed by atoms with E-state index in [2.05, 4.69) is 18.2 Å². The predicted octanol–water partition coefficient (Wildman–Crippen LogP) is 4.80. The highest BCUT2D eigenvalue weighted by Crippen LogP contribution is 2.33. The number of hydrogen-bond donors (Lipinski definition) is 2. The minimum absolute atomic E-state index is 0.0890. The standard InChI is InChI=1S/C22H19N3O/c1-15-13-21(16-7-3-2-4-8-16)25(24-15)20-10-6-5-9-18(20)17-11-12-22(26)19(23)14-17/h2-14,26H,23H2,1H3. The molecule has 4 aromatic rings. The van der Waals surface area contributed by atoms with Crippen LogP contribution in [0.1, 0.15) is 5.69 Å². The van der Waals surface area contributed by atoms with Crippen LogP contribution in [0, 0.1) is 6.92 Å². The molecule has 0 aliphatic carbocycles. The molecule has 4 rings (SSSR count). The number of aromatic nitrogens is 2. The molecule has 0 unspecified atom stereocenters. The summed E-state index contributed by atoms with van der Waals surface area (Å²) in [7, 11) is 0. The summed E-state index contributed by atoms with van der Waals surface area (Å²) < 4.78 is 1.96. The van der Waals surface area contributed by atoms with Crippen molar-refractivity contribution in [2.45, 2.75) is 6.92 Å². The maximum absolute atomic E-state index is 9.73. The summed E-state index contributed by atoms with van der Waals surface area (Å²) in [4.78, 5) is 0. The molecule has 3 aromatic carbocycles. The lowest BCUT2D eigenvalue weighted by Gasteiger charge is -2.14. The van der Waals surface area contributed by atoms with Gasteiger partial charge in [0.2, 0.25) is 0 Å². The number of phenolic OH excluding ortho intramolecular Hbond substituents is 1. The van der Waals surface area contributed by atoms with Crippen LogP contribution >= 0.6 is 0 Å². The monoisotopic (exact) mass is 341 g/mol. The predicted molar refractivity (Wildman–Crippen MR) is 105 cm³/mol. The SMILES string of the molecule is Cc1cc(-c2ccccc2)n(-c2ccccc2-c2ccc(O)c(N)c2)n1. The fourth-order valence-corrected chi connectivity index (χ4v) is 3.12. The average molecular weight is 341 g/mol. The number of nitrogen functional groups attached to an aromatic ring is 1. The minimum Gasteiger partial charge on any atom is -0.506 e. The Balaban J connectivity index is 1.92. The summed E-state index contributed by atoms with van der Waals surface area (Å²) in [5.74, 6) is 0.0890.